The van der Waals surface area contributed by atoms with E-state index in [1.165, 1.54) is 21.3 Å². The van der Waals surface area contributed by atoms with Gasteiger partial charge in [-0.1, -0.05) is 0 Å². The number of aliphatic carboxylic acids is 1. The summed E-state index contributed by atoms with van der Waals surface area (Å²) in [4.78, 5) is 22.8. The number of nitrogens with one attached hydrogen (secondary N) is 1. The number of hydrogen-bond donors (Lipinski definition) is 2. The van der Waals surface area contributed by atoms with Crippen LogP contribution in [0, 0.1) is 5.92 Å². The fourth-order valence-corrected chi connectivity index (χ4v) is 3.59. The summed E-state index contributed by atoms with van der Waals surface area (Å²) >= 11 is 0. The highest BCUT2D eigenvalue weighted by molar-refractivity contribution is 7.89. The first-order valence-electron chi connectivity index (χ1n) is 7.35. The third-order valence-electron chi connectivity index (χ3n) is 3.77. The van der Waals surface area contributed by atoms with Crippen molar-refractivity contribution >= 4 is 27.7 Å². The molecule has 0 bridgehead atoms. The molecule has 0 unspecified atom stereocenters. The Hall–Kier alpha value is -1.94. The van der Waals surface area contributed by atoms with Gasteiger partial charge in [0, 0.05) is 31.3 Å². The van der Waals surface area contributed by atoms with Gasteiger partial charge >= 0.3 is 5.97 Å². The molecular weight excluding hydrogens is 324 g/mol. The lowest BCUT2D eigenvalue weighted by Crippen LogP contribution is -2.42. The van der Waals surface area contributed by atoms with Gasteiger partial charge in [0.2, 0.25) is 15.9 Å². The number of amides is 1. The van der Waals surface area contributed by atoms with Crippen LogP contribution in [-0.2, 0) is 26.2 Å². The fraction of sp³-hybridized carbons (Fsp3) is 0.615. The van der Waals surface area contributed by atoms with Gasteiger partial charge in [0.25, 0.3) is 0 Å². The Morgan fingerprint density at radius 1 is 1.39 bits per heavy atom. The van der Waals surface area contributed by atoms with Gasteiger partial charge in [-0.15, -0.1) is 0 Å². The van der Waals surface area contributed by atoms with E-state index in [1.807, 2.05) is 0 Å². The predicted molar refractivity (Wildman–Crippen MR) is 82.3 cm³/mol. The first kappa shape index (κ1) is 17.4. The van der Waals surface area contributed by atoms with Crippen molar-refractivity contribution in [3.05, 3.63) is 12.3 Å². The number of hydrogen-bond acceptors (Lipinski definition) is 5. The lowest BCUT2D eigenvalue weighted by molar-refractivity contribution is -0.137. The summed E-state index contributed by atoms with van der Waals surface area (Å²) in [6, 6.07) is 1.53. The molecule has 1 aliphatic heterocycles. The molecule has 0 aromatic carbocycles. The highest BCUT2D eigenvalue weighted by Gasteiger charge is 2.30. The van der Waals surface area contributed by atoms with Gasteiger partial charge in [-0.05, 0) is 19.8 Å². The molecule has 0 spiro atoms. The van der Waals surface area contributed by atoms with E-state index in [0.29, 0.717) is 31.7 Å². The molecule has 1 aliphatic rings. The Morgan fingerprint density at radius 2 is 2.04 bits per heavy atom. The summed E-state index contributed by atoms with van der Waals surface area (Å²) in [6.45, 7) is 1.99. The number of piperidine rings is 1. The summed E-state index contributed by atoms with van der Waals surface area (Å²) < 4.78 is 26.2. The molecule has 1 saturated heterocycles. The number of carboxylic acid groups (broad SMARTS) is 1. The molecule has 0 radical (unpaired) electrons. The van der Waals surface area contributed by atoms with Gasteiger partial charge in [-0.2, -0.15) is 5.10 Å². The van der Waals surface area contributed by atoms with Crippen LogP contribution in [0.2, 0.25) is 0 Å². The summed E-state index contributed by atoms with van der Waals surface area (Å²) in [5.74, 6) is -1.16. The van der Waals surface area contributed by atoms with Crippen molar-refractivity contribution in [2.24, 2.45) is 5.92 Å². The zero-order valence-corrected chi connectivity index (χ0v) is 13.6. The van der Waals surface area contributed by atoms with Crippen molar-refractivity contribution in [2.45, 2.75) is 26.3 Å². The molecule has 1 amide bonds. The van der Waals surface area contributed by atoms with Crippen LogP contribution in [-0.4, -0.2) is 58.3 Å². The first-order valence-corrected chi connectivity index (χ1v) is 8.96. The van der Waals surface area contributed by atoms with Crippen LogP contribution in [0.15, 0.2) is 12.3 Å². The second kappa shape index (κ2) is 7.09. The van der Waals surface area contributed by atoms with Gasteiger partial charge < -0.3 is 10.4 Å². The highest BCUT2D eigenvalue weighted by atomic mass is 32.2. The van der Waals surface area contributed by atoms with Crippen molar-refractivity contribution in [1.29, 1.82) is 0 Å². The van der Waals surface area contributed by atoms with E-state index in [2.05, 4.69) is 10.4 Å². The number of carbonyl (C=O) groups is 2. The summed E-state index contributed by atoms with van der Waals surface area (Å²) in [5, 5.41) is 15.3. The number of carbonyl (C=O) groups excluding carboxylic acids is 1. The molecule has 128 valence electrons. The molecule has 2 rings (SSSR count). The van der Waals surface area contributed by atoms with Gasteiger partial charge in [-0.3, -0.25) is 14.3 Å². The van der Waals surface area contributed by atoms with Crippen LogP contribution >= 0.6 is 0 Å². The number of anilines is 1. The van der Waals surface area contributed by atoms with Crippen molar-refractivity contribution in [3.63, 3.8) is 0 Å². The predicted octanol–water partition coefficient (Wildman–Crippen LogP) is -0.0321. The van der Waals surface area contributed by atoms with E-state index in [4.69, 9.17) is 5.11 Å². The molecule has 2 N–H and O–H groups in total. The Kier molecular flexibility index (Phi) is 5.37. The van der Waals surface area contributed by atoms with Crippen LogP contribution in [0.3, 0.4) is 0 Å². The molecule has 1 aromatic rings. The third kappa shape index (κ3) is 4.52. The van der Waals surface area contributed by atoms with E-state index < -0.39 is 16.0 Å². The van der Waals surface area contributed by atoms with Gasteiger partial charge in [-0.25, -0.2) is 12.7 Å². The molecule has 1 fully saturated rings. The quantitative estimate of drug-likeness (QED) is 0.747. The van der Waals surface area contributed by atoms with E-state index in [9.17, 15) is 18.0 Å². The number of aromatic nitrogens is 2. The van der Waals surface area contributed by atoms with Gasteiger partial charge in [0.1, 0.15) is 6.54 Å². The number of nitrogens with zero attached hydrogens (tertiary/aromatic N) is 3. The van der Waals surface area contributed by atoms with E-state index in [0.717, 1.165) is 0 Å². The maximum absolute atomic E-state index is 12.2. The fourth-order valence-electron chi connectivity index (χ4n) is 2.46. The van der Waals surface area contributed by atoms with Crippen LogP contribution in [0.1, 0.15) is 19.8 Å². The number of rotatable bonds is 6. The maximum Gasteiger partial charge on any atom is 0.325 e. The minimum Gasteiger partial charge on any atom is -0.480 e. The SMILES string of the molecule is CCS(=O)(=O)N1CCC(C(=O)Nc2ccn(CC(=O)O)n2)CC1. The largest absolute Gasteiger partial charge is 0.480 e. The Morgan fingerprint density at radius 3 is 2.61 bits per heavy atom. The summed E-state index contributed by atoms with van der Waals surface area (Å²) in [6.07, 6.45) is 2.39. The molecule has 9 nitrogen and oxygen atoms in total. The zero-order chi connectivity index (χ0) is 17.0. The molecule has 0 aliphatic carbocycles. The van der Waals surface area contributed by atoms with Crippen LogP contribution in [0.5, 0.6) is 0 Å². The normalized spacial score (nSPS) is 17.1. The smallest absolute Gasteiger partial charge is 0.325 e. The van der Waals surface area contributed by atoms with Crippen molar-refractivity contribution in [3.8, 4) is 0 Å². The van der Waals surface area contributed by atoms with E-state index in [1.54, 1.807) is 6.92 Å². The number of carboxylic acids is 1. The Bertz CT molecular complexity index is 676. The lowest BCUT2D eigenvalue weighted by atomic mass is 9.97. The summed E-state index contributed by atoms with van der Waals surface area (Å²) in [5.41, 5.74) is 0. The average molecular weight is 344 g/mol. The maximum atomic E-state index is 12.2. The van der Waals surface area contributed by atoms with Crippen molar-refractivity contribution in [1.82, 2.24) is 14.1 Å². The minimum absolute atomic E-state index is 0.0604. The van der Waals surface area contributed by atoms with E-state index in [-0.39, 0.29) is 24.1 Å². The van der Waals surface area contributed by atoms with Gasteiger partial charge in [0.05, 0.1) is 5.75 Å². The Balaban J connectivity index is 1.88. The minimum atomic E-state index is -3.21. The number of sulfonamides is 1. The molecule has 0 saturated carbocycles. The molecule has 10 heteroatoms. The average Bonchev–Trinajstić information content (AvgIpc) is 2.93. The highest BCUT2D eigenvalue weighted by Crippen LogP contribution is 2.21. The van der Waals surface area contributed by atoms with E-state index >= 15 is 0 Å². The first-order chi connectivity index (χ1) is 10.8. The molecule has 23 heavy (non-hydrogen) atoms. The summed E-state index contributed by atoms with van der Waals surface area (Å²) in [7, 11) is -3.21. The zero-order valence-electron chi connectivity index (χ0n) is 12.8. The van der Waals surface area contributed by atoms with Crippen LogP contribution < -0.4 is 5.32 Å². The lowest BCUT2D eigenvalue weighted by Gasteiger charge is -2.30. The monoisotopic (exact) mass is 344 g/mol. The van der Waals surface area contributed by atoms with Crippen LogP contribution in [0.4, 0.5) is 5.82 Å². The molecule has 0 atom stereocenters. The molecule has 2 heterocycles. The third-order valence-corrected chi connectivity index (χ3v) is 5.65. The Labute approximate surface area is 134 Å². The van der Waals surface area contributed by atoms with Gasteiger partial charge in [0.15, 0.2) is 5.82 Å². The second-order valence-corrected chi connectivity index (χ2v) is 7.61. The molecule has 1 aromatic heterocycles. The topological polar surface area (TPSA) is 122 Å². The van der Waals surface area contributed by atoms with Crippen molar-refractivity contribution in [2.75, 3.05) is 24.2 Å². The van der Waals surface area contributed by atoms with Crippen LogP contribution in [0.25, 0.3) is 0 Å². The standard InChI is InChI=1S/C13H20N4O5S/c1-2-23(21,22)17-7-3-10(4-8-17)13(20)14-11-5-6-16(15-11)9-12(18)19/h5-6,10H,2-4,7-9H2,1H3,(H,18,19)(H,14,15,20). The molecular formula is C13H20N4O5S. The second-order valence-electron chi connectivity index (χ2n) is 5.36. The van der Waals surface area contributed by atoms with Crippen molar-refractivity contribution < 1.29 is 23.1 Å².